The number of amides is 1. The highest BCUT2D eigenvalue weighted by molar-refractivity contribution is 6.05. The van der Waals surface area contributed by atoms with E-state index in [2.05, 4.69) is 17.3 Å². The lowest BCUT2D eigenvalue weighted by molar-refractivity contribution is -0.142. The number of hydrogen-bond acceptors (Lipinski definition) is 3. The van der Waals surface area contributed by atoms with E-state index in [1.165, 1.54) is 0 Å². The van der Waals surface area contributed by atoms with Gasteiger partial charge in [-0.15, -0.1) is 0 Å². The highest BCUT2D eigenvalue weighted by Crippen LogP contribution is 2.22. The number of hydrogen-bond donors (Lipinski definition) is 2. The lowest BCUT2D eigenvalue weighted by Gasteiger charge is -2.27. The largest absolute Gasteiger partial charge is 0.480 e. The number of nitrogens with one attached hydrogen (secondary N) is 1. The second-order valence-electron chi connectivity index (χ2n) is 7.05. The molecule has 0 saturated heterocycles. The van der Waals surface area contributed by atoms with Gasteiger partial charge in [0.2, 0.25) is 0 Å². The molecule has 0 aliphatic heterocycles. The summed E-state index contributed by atoms with van der Waals surface area (Å²) >= 11 is 0. The van der Waals surface area contributed by atoms with Gasteiger partial charge in [-0.2, -0.15) is 5.10 Å². The van der Waals surface area contributed by atoms with Crippen molar-refractivity contribution in [3.63, 3.8) is 0 Å². The molecule has 1 aromatic heterocycles. The van der Waals surface area contributed by atoms with Crippen LogP contribution in [-0.2, 0) is 11.3 Å². The topological polar surface area (TPSA) is 84.2 Å². The van der Waals surface area contributed by atoms with Crippen molar-refractivity contribution in [2.45, 2.75) is 53.1 Å². The minimum atomic E-state index is -1.05. The van der Waals surface area contributed by atoms with E-state index in [1.54, 1.807) is 20.8 Å². The number of carboxylic acids is 1. The van der Waals surface area contributed by atoms with Gasteiger partial charge in [0, 0.05) is 11.9 Å². The Labute approximate surface area is 141 Å². The van der Waals surface area contributed by atoms with Gasteiger partial charge in [0.25, 0.3) is 5.91 Å². The highest BCUT2D eigenvalue weighted by Gasteiger charge is 2.33. The molecule has 1 amide bonds. The molecule has 2 aromatic rings. The van der Waals surface area contributed by atoms with Crippen molar-refractivity contribution in [3.8, 4) is 0 Å². The number of carbonyl (C=O) groups excluding carboxylic acids is 1. The molecular weight excluding hydrogens is 306 g/mol. The SMILES string of the molecule is CCCCn1nc(C(=O)N[C@H](C(=O)O)C(C)(C)C)c2ccccc21. The third-order valence-corrected chi connectivity index (χ3v) is 3.98. The number of aromatic nitrogens is 2. The maximum Gasteiger partial charge on any atom is 0.326 e. The van der Waals surface area contributed by atoms with E-state index in [0.29, 0.717) is 0 Å². The van der Waals surface area contributed by atoms with Crippen LogP contribution in [0.3, 0.4) is 0 Å². The van der Waals surface area contributed by atoms with Crippen LogP contribution in [0.25, 0.3) is 10.9 Å². The van der Waals surface area contributed by atoms with Crippen molar-refractivity contribution in [2.24, 2.45) is 5.41 Å². The summed E-state index contributed by atoms with van der Waals surface area (Å²) in [5.41, 5.74) is 0.568. The zero-order valence-electron chi connectivity index (χ0n) is 14.7. The monoisotopic (exact) mass is 331 g/mol. The molecule has 6 nitrogen and oxygen atoms in total. The van der Waals surface area contributed by atoms with Crippen molar-refractivity contribution in [1.82, 2.24) is 15.1 Å². The van der Waals surface area contributed by atoms with Gasteiger partial charge in [-0.1, -0.05) is 52.3 Å². The number of benzene rings is 1. The molecule has 0 spiro atoms. The maximum absolute atomic E-state index is 12.7. The fourth-order valence-corrected chi connectivity index (χ4v) is 2.62. The average Bonchev–Trinajstić information content (AvgIpc) is 2.88. The van der Waals surface area contributed by atoms with Crippen molar-refractivity contribution >= 4 is 22.8 Å². The molecular formula is C18H25N3O3. The summed E-state index contributed by atoms with van der Waals surface area (Å²) in [6.45, 7) is 8.17. The van der Waals surface area contributed by atoms with Gasteiger partial charge in [0.1, 0.15) is 6.04 Å². The van der Waals surface area contributed by atoms with E-state index in [4.69, 9.17) is 0 Å². The van der Waals surface area contributed by atoms with Gasteiger partial charge in [-0.25, -0.2) is 4.79 Å². The first kappa shape index (κ1) is 18.0. The number of para-hydroxylation sites is 1. The molecule has 0 unspecified atom stereocenters. The molecule has 0 bridgehead atoms. The van der Waals surface area contributed by atoms with Crippen LogP contribution in [0.1, 0.15) is 51.0 Å². The molecule has 0 aliphatic carbocycles. The van der Waals surface area contributed by atoms with E-state index >= 15 is 0 Å². The lowest BCUT2D eigenvalue weighted by Crippen LogP contribution is -2.49. The molecule has 130 valence electrons. The Bertz CT molecular complexity index is 744. The Balaban J connectivity index is 2.37. The average molecular weight is 331 g/mol. The van der Waals surface area contributed by atoms with E-state index in [-0.39, 0.29) is 5.69 Å². The molecule has 0 aliphatic rings. The van der Waals surface area contributed by atoms with Gasteiger partial charge in [-0.3, -0.25) is 9.48 Å². The van der Waals surface area contributed by atoms with Crippen LogP contribution in [0.4, 0.5) is 0 Å². The fourth-order valence-electron chi connectivity index (χ4n) is 2.62. The number of unbranched alkanes of at least 4 members (excludes halogenated alkanes) is 1. The summed E-state index contributed by atoms with van der Waals surface area (Å²) in [6, 6.07) is 6.54. The zero-order valence-corrected chi connectivity index (χ0v) is 14.7. The number of nitrogens with zero attached hydrogens (tertiary/aromatic N) is 2. The molecule has 0 fully saturated rings. The number of carbonyl (C=O) groups is 2. The number of aliphatic carboxylic acids is 1. The molecule has 24 heavy (non-hydrogen) atoms. The first-order chi connectivity index (χ1) is 11.3. The minimum absolute atomic E-state index is 0.275. The Morgan fingerprint density at radius 1 is 1.29 bits per heavy atom. The molecule has 1 heterocycles. The van der Waals surface area contributed by atoms with Crippen LogP contribution in [0.5, 0.6) is 0 Å². The van der Waals surface area contributed by atoms with E-state index in [1.807, 2.05) is 28.9 Å². The third kappa shape index (κ3) is 3.75. The number of aryl methyl sites for hydroxylation is 1. The quantitative estimate of drug-likeness (QED) is 0.852. The molecule has 1 atom stereocenters. The second kappa shape index (κ2) is 7.03. The highest BCUT2D eigenvalue weighted by atomic mass is 16.4. The van der Waals surface area contributed by atoms with Crippen LogP contribution in [-0.4, -0.2) is 32.8 Å². The Morgan fingerprint density at radius 3 is 2.54 bits per heavy atom. The summed E-state index contributed by atoms with van der Waals surface area (Å²) < 4.78 is 1.82. The molecule has 2 N–H and O–H groups in total. The standard InChI is InChI=1S/C18H25N3O3/c1-5-6-11-21-13-10-8-7-9-12(13)14(20-21)16(22)19-15(17(23)24)18(2,3)4/h7-10,15H,5-6,11H2,1-4H3,(H,19,22)(H,23,24)/t15-/m1/s1. The zero-order chi connectivity index (χ0) is 17.9. The third-order valence-electron chi connectivity index (χ3n) is 3.98. The van der Waals surface area contributed by atoms with Gasteiger partial charge < -0.3 is 10.4 Å². The smallest absolute Gasteiger partial charge is 0.326 e. The molecule has 0 radical (unpaired) electrons. The van der Waals surface area contributed by atoms with Gasteiger partial charge >= 0.3 is 5.97 Å². The molecule has 0 saturated carbocycles. The fraction of sp³-hybridized carbons (Fsp3) is 0.500. The summed E-state index contributed by atoms with van der Waals surface area (Å²) in [5.74, 6) is -1.51. The van der Waals surface area contributed by atoms with Crippen LogP contribution in [0, 0.1) is 5.41 Å². The predicted octanol–water partition coefficient (Wildman–Crippen LogP) is 3.07. The summed E-state index contributed by atoms with van der Waals surface area (Å²) in [4.78, 5) is 24.1. The number of carboxylic acid groups (broad SMARTS) is 1. The Morgan fingerprint density at radius 2 is 1.96 bits per heavy atom. The summed E-state index contributed by atoms with van der Waals surface area (Å²) in [5, 5.41) is 17.2. The van der Waals surface area contributed by atoms with Crippen LogP contribution < -0.4 is 5.32 Å². The Kier molecular flexibility index (Phi) is 5.26. The first-order valence-electron chi connectivity index (χ1n) is 8.25. The van der Waals surface area contributed by atoms with Crippen molar-refractivity contribution in [1.29, 1.82) is 0 Å². The summed E-state index contributed by atoms with van der Waals surface area (Å²) in [6.07, 6.45) is 1.99. The molecule has 1 aromatic carbocycles. The van der Waals surface area contributed by atoms with Crippen molar-refractivity contribution < 1.29 is 14.7 Å². The molecule has 6 heteroatoms. The predicted molar refractivity (Wildman–Crippen MR) is 93.0 cm³/mol. The summed E-state index contributed by atoms with van der Waals surface area (Å²) in [7, 11) is 0. The maximum atomic E-state index is 12.7. The van der Waals surface area contributed by atoms with Crippen molar-refractivity contribution in [3.05, 3.63) is 30.0 Å². The minimum Gasteiger partial charge on any atom is -0.480 e. The van der Waals surface area contributed by atoms with E-state index in [0.717, 1.165) is 30.3 Å². The first-order valence-corrected chi connectivity index (χ1v) is 8.25. The van der Waals surface area contributed by atoms with Gasteiger partial charge in [0.15, 0.2) is 5.69 Å². The van der Waals surface area contributed by atoms with E-state index in [9.17, 15) is 14.7 Å². The van der Waals surface area contributed by atoms with Gasteiger partial charge in [-0.05, 0) is 17.9 Å². The normalized spacial score (nSPS) is 13.0. The number of rotatable bonds is 6. The lowest BCUT2D eigenvalue weighted by atomic mass is 9.86. The van der Waals surface area contributed by atoms with Crippen molar-refractivity contribution in [2.75, 3.05) is 0 Å². The van der Waals surface area contributed by atoms with Crippen LogP contribution in [0.2, 0.25) is 0 Å². The van der Waals surface area contributed by atoms with Gasteiger partial charge in [0.05, 0.1) is 5.52 Å². The van der Waals surface area contributed by atoms with Crippen LogP contribution in [0.15, 0.2) is 24.3 Å². The molecule has 2 rings (SSSR count). The van der Waals surface area contributed by atoms with E-state index < -0.39 is 23.3 Å². The second-order valence-corrected chi connectivity index (χ2v) is 7.05. The number of fused-ring (bicyclic) bond motifs is 1. The Hall–Kier alpha value is -2.37. The van der Waals surface area contributed by atoms with Crippen LogP contribution >= 0.6 is 0 Å².